The number of rotatable bonds is 6. The van der Waals surface area contributed by atoms with Crippen molar-refractivity contribution in [1.82, 2.24) is 5.32 Å². The minimum absolute atomic E-state index is 0.206. The highest BCUT2D eigenvalue weighted by molar-refractivity contribution is 6.09. The first-order chi connectivity index (χ1) is 13.6. The maximum atomic E-state index is 14.3. The van der Waals surface area contributed by atoms with Crippen LogP contribution in [-0.4, -0.2) is 25.3 Å². The Balaban J connectivity index is 1.82. The second-order valence-electron chi connectivity index (χ2n) is 7.66. The third kappa shape index (κ3) is 3.61. The molecule has 1 aliphatic heterocycles. The van der Waals surface area contributed by atoms with Crippen LogP contribution in [0.1, 0.15) is 37.3 Å². The predicted octanol–water partition coefficient (Wildman–Crippen LogP) is 5.13. The van der Waals surface area contributed by atoms with Gasteiger partial charge in [-0.15, -0.1) is 0 Å². The van der Waals surface area contributed by atoms with Crippen molar-refractivity contribution < 1.29 is 9.13 Å². The summed E-state index contributed by atoms with van der Waals surface area (Å²) in [7, 11) is 2.08. The van der Waals surface area contributed by atoms with Crippen molar-refractivity contribution >= 4 is 17.5 Å². The van der Waals surface area contributed by atoms with Crippen molar-refractivity contribution in [3.8, 4) is 11.5 Å². The van der Waals surface area contributed by atoms with E-state index in [-0.39, 0.29) is 11.6 Å². The van der Waals surface area contributed by atoms with E-state index in [0.717, 1.165) is 48.1 Å². The molecular formula is C23H26FN3O. The number of allylic oxidation sites excluding steroid dienone is 1. The molecule has 0 saturated heterocycles. The second-order valence-corrected chi connectivity index (χ2v) is 7.66. The average molecular weight is 379 g/mol. The van der Waals surface area contributed by atoms with E-state index in [1.165, 1.54) is 12.3 Å². The molecule has 2 aromatic rings. The van der Waals surface area contributed by atoms with Gasteiger partial charge in [-0.2, -0.15) is 0 Å². The summed E-state index contributed by atoms with van der Waals surface area (Å²) in [6, 6.07) is 11.5. The largest absolute Gasteiger partial charge is 0.453 e. The molecule has 146 valence electrons. The molecule has 5 heteroatoms. The predicted molar refractivity (Wildman–Crippen MR) is 112 cm³/mol. The van der Waals surface area contributed by atoms with Gasteiger partial charge in [0.1, 0.15) is 5.75 Å². The van der Waals surface area contributed by atoms with Crippen LogP contribution in [0.4, 0.5) is 10.1 Å². The van der Waals surface area contributed by atoms with Gasteiger partial charge in [-0.05, 0) is 56.9 Å². The molecule has 1 fully saturated rings. The minimum atomic E-state index is -0.389. The van der Waals surface area contributed by atoms with Gasteiger partial charge in [-0.25, -0.2) is 4.39 Å². The summed E-state index contributed by atoms with van der Waals surface area (Å²) in [4.78, 5) is 2.24. The van der Waals surface area contributed by atoms with E-state index in [0.29, 0.717) is 17.8 Å². The average Bonchev–Trinajstić information content (AvgIpc) is 3.52. The normalized spacial score (nSPS) is 19.2. The maximum Gasteiger partial charge on any atom is 0.165 e. The molecule has 0 spiro atoms. The van der Waals surface area contributed by atoms with Crippen molar-refractivity contribution in [1.29, 1.82) is 5.41 Å². The lowest BCUT2D eigenvalue weighted by atomic mass is 9.92. The van der Waals surface area contributed by atoms with E-state index in [1.54, 1.807) is 18.2 Å². The van der Waals surface area contributed by atoms with Gasteiger partial charge in [0.15, 0.2) is 11.6 Å². The van der Waals surface area contributed by atoms with Gasteiger partial charge in [0, 0.05) is 53.9 Å². The summed E-state index contributed by atoms with van der Waals surface area (Å²) in [5.74, 6) is 0.465. The number of fused-ring (bicyclic) bond motifs is 1. The molecule has 2 aliphatic rings. The second kappa shape index (κ2) is 7.66. The molecule has 1 atom stereocenters. The fraction of sp³-hybridized carbons (Fsp3) is 0.348. The molecule has 0 radical (unpaired) electrons. The first-order valence-corrected chi connectivity index (χ1v) is 9.86. The molecular weight excluding hydrogens is 353 g/mol. The molecule has 4 rings (SSSR count). The van der Waals surface area contributed by atoms with Crippen LogP contribution in [0.15, 0.2) is 42.6 Å². The highest BCUT2D eigenvalue weighted by Crippen LogP contribution is 2.42. The summed E-state index contributed by atoms with van der Waals surface area (Å²) in [6.07, 6.45) is 7.40. The highest BCUT2D eigenvalue weighted by Gasteiger charge is 2.27. The Bertz CT molecular complexity index is 920. The van der Waals surface area contributed by atoms with Crippen molar-refractivity contribution in [2.24, 2.45) is 0 Å². The topological polar surface area (TPSA) is 48.4 Å². The van der Waals surface area contributed by atoms with E-state index >= 15 is 0 Å². The number of anilines is 1. The summed E-state index contributed by atoms with van der Waals surface area (Å²) < 4.78 is 20.5. The van der Waals surface area contributed by atoms with E-state index < -0.39 is 0 Å². The van der Waals surface area contributed by atoms with Crippen molar-refractivity contribution in [2.45, 2.75) is 44.7 Å². The first-order valence-electron chi connectivity index (χ1n) is 9.86. The van der Waals surface area contributed by atoms with Gasteiger partial charge >= 0.3 is 0 Å². The first kappa shape index (κ1) is 18.5. The maximum absolute atomic E-state index is 14.3. The lowest BCUT2D eigenvalue weighted by Crippen LogP contribution is -2.33. The van der Waals surface area contributed by atoms with Crippen LogP contribution in [-0.2, 0) is 6.42 Å². The highest BCUT2D eigenvalue weighted by atomic mass is 19.1. The van der Waals surface area contributed by atoms with E-state index in [1.807, 2.05) is 12.3 Å². The fourth-order valence-corrected chi connectivity index (χ4v) is 3.61. The van der Waals surface area contributed by atoms with Gasteiger partial charge in [-0.3, -0.25) is 0 Å². The smallest absolute Gasteiger partial charge is 0.165 e. The minimum Gasteiger partial charge on any atom is -0.453 e. The van der Waals surface area contributed by atoms with Gasteiger partial charge in [0.05, 0.1) is 0 Å². The van der Waals surface area contributed by atoms with E-state index in [4.69, 9.17) is 10.1 Å². The zero-order chi connectivity index (χ0) is 19.7. The summed E-state index contributed by atoms with van der Waals surface area (Å²) in [6.45, 7) is 2.21. The molecule has 0 bridgehead atoms. The molecule has 0 aromatic heterocycles. The Morgan fingerprint density at radius 2 is 2.00 bits per heavy atom. The standard InChI is InChI=1S/C23H26FN3O/c1-15-7-10-19-21(27(15)2)12-11-18(16(13-25)14-26-17-8-9-17)23(19)28-22-6-4-3-5-20(22)24/h3-6,11-15,17,25-26H,7-10H2,1-2H3/b16-14+,25-13?. The molecule has 1 saturated carbocycles. The quantitative estimate of drug-likeness (QED) is 0.684. The van der Waals surface area contributed by atoms with Gasteiger partial charge < -0.3 is 20.4 Å². The Hall–Kier alpha value is -2.82. The van der Waals surface area contributed by atoms with Crippen molar-refractivity contribution in [2.75, 3.05) is 11.9 Å². The van der Waals surface area contributed by atoms with Gasteiger partial charge in [-0.1, -0.05) is 12.1 Å². The van der Waals surface area contributed by atoms with Crippen LogP contribution in [0.3, 0.4) is 0 Å². The summed E-state index contributed by atoms with van der Waals surface area (Å²) in [5, 5.41) is 11.3. The molecule has 1 aliphatic carbocycles. The lowest BCUT2D eigenvalue weighted by molar-refractivity contribution is 0.433. The van der Waals surface area contributed by atoms with Crippen LogP contribution < -0.4 is 15.0 Å². The van der Waals surface area contributed by atoms with Crippen molar-refractivity contribution in [3.05, 3.63) is 59.5 Å². The van der Waals surface area contributed by atoms with Crippen LogP contribution in [0, 0.1) is 11.2 Å². The third-order valence-corrected chi connectivity index (χ3v) is 5.66. The fourth-order valence-electron chi connectivity index (χ4n) is 3.61. The number of nitrogens with one attached hydrogen (secondary N) is 2. The monoisotopic (exact) mass is 379 g/mol. The van der Waals surface area contributed by atoms with E-state index in [2.05, 4.69) is 30.3 Å². The molecule has 2 N–H and O–H groups in total. The van der Waals surface area contributed by atoms with Crippen LogP contribution in [0.2, 0.25) is 0 Å². The Morgan fingerprint density at radius 3 is 2.71 bits per heavy atom. The number of ether oxygens (including phenoxy) is 1. The molecule has 1 unspecified atom stereocenters. The molecule has 4 nitrogen and oxygen atoms in total. The lowest BCUT2D eigenvalue weighted by Gasteiger charge is -2.35. The van der Waals surface area contributed by atoms with Crippen molar-refractivity contribution in [3.63, 3.8) is 0 Å². The number of hydrogen-bond donors (Lipinski definition) is 2. The Morgan fingerprint density at radius 1 is 1.21 bits per heavy atom. The van der Waals surface area contributed by atoms with Crippen LogP contribution >= 0.6 is 0 Å². The number of hydrogen-bond acceptors (Lipinski definition) is 4. The number of para-hydroxylation sites is 1. The number of halogens is 1. The molecule has 1 heterocycles. The SMILES string of the molecule is CC1CCc2c(ccc(/C(C=N)=C/NC3CC3)c2Oc2ccccc2F)N1C. The molecule has 0 amide bonds. The van der Waals surface area contributed by atoms with Gasteiger partial charge in [0.2, 0.25) is 0 Å². The summed E-state index contributed by atoms with van der Waals surface area (Å²) >= 11 is 0. The van der Waals surface area contributed by atoms with Crippen LogP contribution in [0.25, 0.3) is 5.57 Å². The Labute approximate surface area is 165 Å². The van der Waals surface area contributed by atoms with E-state index in [9.17, 15) is 4.39 Å². The zero-order valence-corrected chi connectivity index (χ0v) is 16.3. The number of nitrogens with zero attached hydrogens (tertiary/aromatic N) is 1. The number of benzene rings is 2. The van der Waals surface area contributed by atoms with Gasteiger partial charge in [0.25, 0.3) is 0 Å². The zero-order valence-electron chi connectivity index (χ0n) is 16.3. The molecule has 2 aromatic carbocycles. The third-order valence-electron chi connectivity index (χ3n) is 5.66. The Kier molecular flexibility index (Phi) is 5.07. The van der Waals surface area contributed by atoms with Crippen LogP contribution in [0.5, 0.6) is 11.5 Å². The summed E-state index contributed by atoms with van der Waals surface area (Å²) in [5.41, 5.74) is 3.73. The molecule has 28 heavy (non-hydrogen) atoms.